The molecule has 2 aromatic rings. The van der Waals surface area contributed by atoms with Crippen LogP contribution in [0.5, 0.6) is 0 Å². The van der Waals surface area contributed by atoms with Crippen molar-refractivity contribution in [1.29, 1.82) is 0 Å². The number of nitrogens with one attached hydrogen (secondary N) is 1. The molecule has 144 valence electrons. The highest BCUT2D eigenvalue weighted by Gasteiger charge is 2.23. The van der Waals surface area contributed by atoms with Crippen LogP contribution < -0.4 is 5.32 Å². The van der Waals surface area contributed by atoms with Crippen molar-refractivity contribution < 1.29 is 18.1 Å². The fourth-order valence-corrected chi connectivity index (χ4v) is 4.17. The van der Waals surface area contributed by atoms with E-state index in [0.717, 1.165) is 0 Å². The van der Waals surface area contributed by atoms with Gasteiger partial charge in [-0.2, -0.15) is 4.31 Å². The van der Waals surface area contributed by atoms with E-state index in [0.29, 0.717) is 24.3 Å². The van der Waals surface area contributed by atoms with Crippen LogP contribution in [0.3, 0.4) is 0 Å². The SMILES string of the molecule is CCN(CC)S(=O)(=O)c1cccc(C(=O)Nc2cccc([N+](=O)[O-])c2C)c1. The number of benzene rings is 2. The molecule has 27 heavy (non-hydrogen) atoms. The number of amides is 1. The van der Waals surface area contributed by atoms with Crippen molar-refractivity contribution in [3.63, 3.8) is 0 Å². The molecule has 0 fully saturated rings. The molecule has 9 heteroatoms. The van der Waals surface area contributed by atoms with Crippen molar-refractivity contribution in [2.45, 2.75) is 25.7 Å². The summed E-state index contributed by atoms with van der Waals surface area (Å²) in [7, 11) is -3.69. The normalized spacial score (nSPS) is 11.4. The van der Waals surface area contributed by atoms with Gasteiger partial charge in [0.2, 0.25) is 10.0 Å². The lowest BCUT2D eigenvalue weighted by Crippen LogP contribution is -2.30. The van der Waals surface area contributed by atoms with Crippen LogP contribution in [0.15, 0.2) is 47.4 Å². The number of nitro benzene ring substituents is 1. The van der Waals surface area contributed by atoms with Crippen molar-refractivity contribution in [3.8, 4) is 0 Å². The quantitative estimate of drug-likeness (QED) is 0.576. The van der Waals surface area contributed by atoms with Crippen molar-refractivity contribution >= 4 is 27.3 Å². The summed E-state index contributed by atoms with van der Waals surface area (Å²) in [6.45, 7) is 5.66. The third kappa shape index (κ3) is 4.32. The molecule has 2 aromatic carbocycles. The Balaban J connectivity index is 2.34. The molecule has 1 amide bonds. The molecule has 0 aliphatic carbocycles. The molecule has 0 saturated carbocycles. The van der Waals surface area contributed by atoms with Gasteiger partial charge in [0.15, 0.2) is 0 Å². The maximum Gasteiger partial charge on any atom is 0.274 e. The monoisotopic (exact) mass is 391 g/mol. The van der Waals surface area contributed by atoms with Gasteiger partial charge in [-0.25, -0.2) is 8.42 Å². The molecule has 0 spiro atoms. The number of anilines is 1. The Morgan fingerprint density at radius 1 is 1.15 bits per heavy atom. The summed E-state index contributed by atoms with van der Waals surface area (Å²) in [5, 5.41) is 13.6. The van der Waals surface area contributed by atoms with Crippen LogP contribution in [-0.4, -0.2) is 36.6 Å². The lowest BCUT2D eigenvalue weighted by Gasteiger charge is -2.18. The standard InChI is InChI=1S/C18H21N3O5S/c1-4-20(5-2)27(25,26)15-9-6-8-14(12-15)18(22)19-16-10-7-11-17(13(16)3)21(23)24/h6-12H,4-5H2,1-3H3,(H,19,22). The van der Waals surface area contributed by atoms with Gasteiger partial charge in [0.1, 0.15) is 0 Å². The Labute approximate surface area is 158 Å². The molecule has 0 aliphatic heterocycles. The first kappa shape index (κ1) is 20.5. The van der Waals surface area contributed by atoms with Gasteiger partial charge in [-0.05, 0) is 31.2 Å². The van der Waals surface area contributed by atoms with E-state index in [-0.39, 0.29) is 16.1 Å². The number of nitro groups is 1. The number of hydrogen-bond donors (Lipinski definition) is 1. The third-order valence-electron chi connectivity index (χ3n) is 4.19. The summed E-state index contributed by atoms with van der Waals surface area (Å²) < 4.78 is 26.5. The summed E-state index contributed by atoms with van der Waals surface area (Å²) in [6.07, 6.45) is 0. The average molecular weight is 391 g/mol. The molecular formula is C18H21N3O5S. The fraction of sp³-hybridized carbons (Fsp3) is 0.278. The second-order valence-electron chi connectivity index (χ2n) is 5.78. The first-order valence-corrected chi connectivity index (χ1v) is 9.82. The molecule has 0 aliphatic rings. The molecule has 0 radical (unpaired) electrons. The number of hydrogen-bond acceptors (Lipinski definition) is 5. The van der Waals surface area contributed by atoms with Crippen LogP contribution in [0.1, 0.15) is 29.8 Å². The van der Waals surface area contributed by atoms with Crippen molar-refractivity contribution in [1.82, 2.24) is 4.31 Å². The molecule has 0 atom stereocenters. The zero-order valence-electron chi connectivity index (χ0n) is 15.3. The summed E-state index contributed by atoms with van der Waals surface area (Å²) in [6, 6.07) is 10.1. The predicted molar refractivity (Wildman–Crippen MR) is 102 cm³/mol. The predicted octanol–water partition coefficient (Wildman–Crippen LogP) is 3.19. The summed E-state index contributed by atoms with van der Waals surface area (Å²) in [5.41, 5.74) is 0.661. The van der Waals surface area contributed by atoms with Gasteiger partial charge in [-0.3, -0.25) is 14.9 Å². The largest absolute Gasteiger partial charge is 0.321 e. The maximum atomic E-state index is 12.6. The zero-order valence-corrected chi connectivity index (χ0v) is 16.1. The van der Waals surface area contributed by atoms with Gasteiger partial charge in [0, 0.05) is 24.7 Å². The molecule has 2 rings (SSSR count). The second-order valence-corrected chi connectivity index (χ2v) is 7.72. The number of nitrogens with zero attached hydrogens (tertiary/aromatic N) is 2. The fourth-order valence-electron chi connectivity index (χ4n) is 2.66. The van der Waals surface area contributed by atoms with Gasteiger partial charge in [0.25, 0.3) is 11.6 Å². The van der Waals surface area contributed by atoms with E-state index in [9.17, 15) is 23.3 Å². The second kappa shape index (κ2) is 8.28. The minimum Gasteiger partial charge on any atom is -0.321 e. The molecule has 8 nitrogen and oxygen atoms in total. The van der Waals surface area contributed by atoms with Gasteiger partial charge in [-0.15, -0.1) is 0 Å². The topological polar surface area (TPSA) is 110 Å². The molecular weight excluding hydrogens is 370 g/mol. The van der Waals surface area contributed by atoms with Crippen molar-refractivity contribution in [2.75, 3.05) is 18.4 Å². The Hall–Kier alpha value is -2.78. The van der Waals surface area contributed by atoms with Crippen LogP contribution in [0.2, 0.25) is 0 Å². The number of rotatable bonds is 7. The summed E-state index contributed by atoms with van der Waals surface area (Å²) >= 11 is 0. The van der Waals surface area contributed by atoms with E-state index >= 15 is 0 Å². The van der Waals surface area contributed by atoms with E-state index in [2.05, 4.69) is 5.32 Å². The molecule has 1 N–H and O–H groups in total. The van der Waals surface area contributed by atoms with Gasteiger partial charge in [-0.1, -0.05) is 26.0 Å². The van der Waals surface area contributed by atoms with Gasteiger partial charge >= 0.3 is 0 Å². The van der Waals surface area contributed by atoms with Gasteiger partial charge in [0.05, 0.1) is 21.1 Å². The van der Waals surface area contributed by atoms with Gasteiger partial charge < -0.3 is 5.32 Å². The Bertz CT molecular complexity index is 969. The third-order valence-corrected chi connectivity index (χ3v) is 6.24. The number of sulfonamides is 1. The molecule has 0 bridgehead atoms. The molecule has 0 aromatic heterocycles. The zero-order chi connectivity index (χ0) is 20.2. The van der Waals surface area contributed by atoms with E-state index in [4.69, 9.17) is 0 Å². The Morgan fingerprint density at radius 3 is 2.37 bits per heavy atom. The molecule has 0 heterocycles. The maximum absolute atomic E-state index is 12.6. The lowest BCUT2D eigenvalue weighted by atomic mass is 10.1. The van der Waals surface area contributed by atoms with Crippen molar-refractivity contribution in [2.24, 2.45) is 0 Å². The number of carbonyl (C=O) groups excluding carboxylic acids is 1. The van der Waals surface area contributed by atoms with E-state index < -0.39 is 20.9 Å². The Kier molecular flexibility index (Phi) is 6.29. The minimum atomic E-state index is -3.69. The smallest absolute Gasteiger partial charge is 0.274 e. The van der Waals surface area contributed by atoms with Crippen LogP contribution in [0, 0.1) is 17.0 Å². The van der Waals surface area contributed by atoms with E-state index in [1.807, 2.05) is 0 Å². The summed E-state index contributed by atoms with van der Waals surface area (Å²) in [4.78, 5) is 23.1. The highest BCUT2D eigenvalue weighted by atomic mass is 32.2. The van der Waals surface area contributed by atoms with Crippen LogP contribution in [0.25, 0.3) is 0 Å². The van der Waals surface area contributed by atoms with Crippen LogP contribution >= 0.6 is 0 Å². The average Bonchev–Trinajstić information content (AvgIpc) is 2.64. The minimum absolute atomic E-state index is 0.0228. The Morgan fingerprint density at radius 2 is 1.78 bits per heavy atom. The summed E-state index contributed by atoms with van der Waals surface area (Å²) in [5.74, 6) is -0.546. The highest BCUT2D eigenvalue weighted by Crippen LogP contribution is 2.26. The molecule has 0 saturated heterocycles. The van der Waals surface area contributed by atoms with Crippen LogP contribution in [0.4, 0.5) is 11.4 Å². The number of carbonyl (C=O) groups is 1. The van der Waals surface area contributed by atoms with Crippen LogP contribution in [-0.2, 0) is 10.0 Å². The first-order chi connectivity index (χ1) is 12.7. The van der Waals surface area contributed by atoms with E-state index in [1.54, 1.807) is 19.9 Å². The van der Waals surface area contributed by atoms with Crippen molar-refractivity contribution in [3.05, 3.63) is 63.7 Å². The van der Waals surface area contributed by atoms with E-state index in [1.165, 1.54) is 47.6 Å². The molecule has 0 unspecified atom stereocenters. The highest BCUT2D eigenvalue weighted by molar-refractivity contribution is 7.89. The first-order valence-electron chi connectivity index (χ1n) is 8.37. The lowest BCUT2D eigenvalue weighted by molar-refractivity contribution is -0.385.